The van der Waals surface area contributed by atoms with Crippen molar-refractivity contribution in [3.8, 4) is 0 Å². The number of benzene rings is 1. The summed E-state index contributed by atoms with van der Waals surface area (Å²) in [6.07, 6.45) is 1.11. The van der Waals surface area contributed by atoms with Crippen LogP contribution in [0.1, 0.15) is 5.56 Å². The second-order valence-electron chi connectivity index (χ2n) is 2.04. The predicted octanol–water partition coefficient (Wildman–Crippen LogP) is 2.02. The molecule has 0 aliphatic heterocycles. The lowest BCUT2D eigenvalue weighted by atomic mass is 10.2. The molecular weight excluding hydrogens is 230 g/mol. The van der Waals surface area contributed by atoms with Crippen LogP contribution in [0.2, 0.25) is 0 Å². The number of rotatable bonds is 1. The lowest BCUT2D eigenvalue weighted by Crippen LogP contribution is -1.94. The van der Waals surface area contributed by atoms with Crippen LogP contribution in [-0.4, -0.2) is 6.21 Å². The van der Waals surface area contributed by atoms with Gasteiger partial charge in [-0.1, -0.05) is 0 Å². The summed E-state index contributed by atoms with van der Waals surface area (Å²) >= 11 is 2.75. The van der Waals surface area contributed by atoms with Crippen molar-refractivity contribution in [1.82, 2.24) is 0 Å². The van der Waals surface area contributed by atoms with Crippen LogP contribution in [0.25, 0.3) is 0 Å². The summed E-state index contributed by atoms with van der Waals surface area (Å²) in [5.41, 5.74) is 0.144. The molecule has 0 unspecified atom stereocenters. The Labute approximate surface area is 76.2 Å². The smallest absolute Gasteiger partial charge is 0.149 e. The molecule has 0 aliphatic carbocycles. The standard InChI is InChI=1S/C7H5BrF2N2/c8-6-5(9)2-1-4(3-12-11)7(6)10/h1-3H,11H2. The van der Waals surface area contributed by atoms with Crippen molar-refractivity contribution in [1.29, 1.82) is 0 Å². The van der Waals surface area contributed by atoms with Gasteiger partial charge in [0.15, 0.2) is 0 Å². The average molecular weight is 235 g/mol. The first-order valence-electron chi connectivity index (χ1n) is 3.03. The van der Waals surface area contributed by atoms with Gasteiger partial charge in [-0.25, -0.2) is 8.78 Å². The largest absolute Gasteiger partial charge is 0.323 e. The molecule has 1 rings (SSSR count). The summed E-state index contributed by atoms with van der Waals surface area (Å²) in [4.78, 5) is 0. The Hall–Kier alpha value is -0.970. The molecule has 0 heterocycles. The molecule has 0 amide bonds. The van der Waals surface area contributed by atoms with E-state index in [1.807, 2.05) is 0 Å². The van der Waals surface area contributed by atoms with E-state index in [0.29, 0.717) is 0 Å². The third kappa shape index (κ3) is 1.61. The Morgan fingerprint density at radius 2 is 2.08 bits per heavy atom. The molecule has 0 saturated carbocycles. The fourth-order valence-corrected chi connectivity index (χ4v) is 1.08. The molecule has 64 valence electrons. The molecule has 12 heavy (non-hydrogen) atoms. The van der Waals surface area contributed by atoms with Gasteiger partial charge in [-0.2, -0.15) is 5.10 Å². The van der Waals surface area contributed by atoms with Crippen LogP contribution >= 0.6 is 15.9 Å². The molecule has 1 aromatic rings. The highest BCUT2D eigenvalue weighted by Gasteiger charge is 2.08. The lowest BCUT2D eigenvalue weighted by Gasteiger charge is -1.98. The second kappa shape index (κ2) is 3.62. The third-order valence-corrected chi connectivity index (χ3v) is 2.01. The van der Waals surface area contributed by atoms with Crippen molar-refractivity contribution < 1.29 is 8.78 Å². The fourth-order valence-electron chi connectivity index (χ4n) is 0.721. The van der Waals surface area contributed by atoms with E-state index < -0.39 is 11.6 Å². The molecule has 2 N–H and O–H groups in total. The zero-order valence-electron chi connectivity index (χ0n) is 5.89. The Kier molecular flexibility index (Phi) is 2.75. The number of halogens is 3. The van der Waals surface area contributed by atoms with Crippen LogP contribution in [-0.2, 0) is 0 Å². The summed E-state index contributed by atoms with van der Waals surface area (Å²) in [7, 11) is 0. The van der Waals surface area contributed by atoms with Gasteiger partial charge >= 0.3 is 0 Å². The molecule has 0 aliphatic rings. The number of nitrogens with zero attached hydrogens (tertiary/aromatic N) is 1. The van der Waals surface area contributed by atoms with E-state index in [9.17, 15) is 8.78 Å². The molecule has 0 aromatic heterocycles. The van der Waals surface area contributed by atoms with E-state index in [-0.39, 0.29) is 10.0 Å². The van der Waals surface area contributed by atoms with Crippen molar-refractivity contribution in [2.45, 2.75) is 0 Å². The molecule has 0 fully saturated rings. The van der Waals surface area contributed by atoms with Crippen LogP contribution in [0.4, 0.5) is 8.78 Å². The van der Waals surface area contributed by atoms with Gasteiger partial charge in [0.2, 0.25) is 0 Å². The summed E-state index contributed by atoms with van der Waals surface area (Å²) in [6.45, 7) is 0. The van der Waals surface area contributed by atoms with E-state index in [1.54, 1.807) is 0 Å². The number of hydrazone groups is 1. The summed E-state index contributed by atoms with van der Waals surface area (Å²) < 4.78 is 25.4. The Morgan fingerprint density at radius 1 is 1.42 bits per heavy atom. The van der Waals surface area contributed by atoms with Gasteiger partial charge in [0.25, 0.3) is 0 Å². The summed E-state index contributed by atoms with van der Waals surface area (Å²) in [5, 5.41) is 3.13. The SMILES string of the molecule is NN=Cc1ccc(F)c(Br)c1F. The number of hydrogen-bond donors (Lipinski definition) is 1. The van der Waals surface area contributed by atoms with Crippen LogP contribution in [0, 0.1) is 11.6 Å². The second-order valence-corrected chi connectivity index (χ2v) is 2.84. The van der Waals surface area contributed by atoms with E-state index in [0.717, 1.165) is 12.3 Å². The first kappa shape index (κ1) is 9.12. The maximum Gasteiger partial charge on any atom is 0.149 e. The van der Waals surface area contributed by atoms with Gasteiger partial charge in [-0.3, -0.25) is 0 Å². The van der Waals surface area contributed by atoms with Crippen LogP contribution < -0.4 is 5.84 Å². The quantitative estimate of drug-likeness (QED) is 0.344. The van der Waals surface area contributed by atoms with Gasteiger partial charge in [0.1, 0.15) is 11.6 Å². The molecular formula is C7H5BrF2N2. The molecule has 0 atom stereocenters. The Bertz CT molecular complexity index is 325. The van der Waals surface area contributed by atoms with Crippen molar-refractivity contribution in [3.05, 3.63) is 33.8 Å². The molecule has 0 radical (unpaired) electrons. The first-order chi connectivity index (χ1) is 5.66. The van der Waals surface area contributed by atoms with E-state index in [1.165, 1.54) is 6.07 Å². The van der Waals surface area contributed by atoms with Crippen molar-refractivity contribution >= 4 is 22.1 Å². The van der Waals surface area contributed by atoms with Crippen molar-refractivity contribution in [2.75, 3.05) is 0 Å². The molecule has 0 spiro atoms. The minimum absolute atomic E-state index is 0.144. The van der Waals surface area contributed by atoms with Crippen molar-refractivity contribution in [3.63, 3.8) is 0 Å². The molecule has 0 bridgehead atoms. The van der Waals surface area contributed by atoms with Crippen molar-refractivity contribution in [2.24, 2.45) is 10.9 Å². The van der Waals surface area contributed by atoms with Gasteiger partial charge in [-0.05, 0) is 28.1 Å². The number of hydrogen-bond acceptors (Lipinski definition) is 2. The minimum atomic E-state index is -0.704. The zero-order chi connectivity index (χ0) is 9.14. The van der Waals surface area contributed by atoms with Gasteiger partial charge in [-0.15, -0.1) is 0 Å². The monoisotopic (exact) mass is 234 g/mol. The summed E-state index contributed by atoms with van der Waals surface area (Å²) in [5.74, 6) is 3.46. The third-order valence-electron chi connectivity index (χ3n) is 1.28. The lowest BCUT2D eigenvalue weighted by molar-refractivity contribution is 0.570. The highest BCUT2D eigenvalue weighted by molar-refractivity contribution is 9.10. The Morgan fingerprint density at radius 3 is 2.67 bits per heavy atom. The zero-order valence-corrected chi connectivity index (χ0v) is 7.48. The summed E-state index contributed by atoms with van der Waals surface area (Å²) in [6, 6.07) is 2.38. The molecule has 0 saturated heterocycles. The van der Waals surface area contributed by atoms with E-state index in [2.05, 4.69) is 21.0 Å². The van der Waals surface area contributed by atoms with E-state index >= 15 is 0 Å². The van der Waals surface area contributed by atoms with Gasteiger partial charge in [0.05, 0.1) is 10.7 Å². The van der Waals surface area contributed by atoms with Crippen LogP contribution in [0.15, 0.2) is 21.7 Å². The minimum Gasteiger partial charge on any atom is -0.323 e. The molecule has 2 nitrogen and oxygen atoms in total. The maximum atomic E-state index is 13.0. The highest BCUT2D eigenvalue weighted by atomic mass is 79.9. The molecule has 1 aromatic carbocycles. The molecule has 5 heteroatoms. The van der Waals surface area contributed by atoms with Gasteiger partial charge < -0.3 is 5.84 Å². The topological polar surface area (TPSA) is 38.4 Å². The highest BCUT2D eigenvalue weighted by Crippen LogP contribution is 2.21. The normalized spacial score (nSPS) is 10.9. The first-order valence-corrected chi connectivity index (χ1v) is 3.83. The predicted molar refractivity (Wildman–Crippen MR) is 45.8 cm³/mol. The average Bonchev–Trinajstić information content (AvgIpc) is 2.07. The number of nitrogens with two attached hydrogens (primary N) is 1. The maximum absolute atomic E-state index is 13.0. The fraction of sp³-hybridized carbons (Fsp3) is 0. The van der Waals surface area contributed by atoms with E-state index in [4.69, 9.17) is 5.84 Å². The Balaban J connectivity index is 3.26. The van der Waals surface area contributed by atoms with Crippen LogP contribution in [0.5, 0.6) is 0 Å². The van der Waals surface area contributed by atoms with Gasteiger partial charge in [0, 0.05) is 5.56 Å². The van der Waals surface area contributed by atoms with Crippen LogP contribution in [0.3, 0.4) is 0 Å².